The molecule has 0 saturated heterocycles. The highest BCUT2D eigenvalue weighted by Crippen LogP contribution is 2.35. The number of carboxylic acids is 1. The molecule has 1 fully saturated rings. The molecule has 8 nitrogen and oxygen atoms in total. The van der Waals surface area contributed by atoms with Crippen molar-refractivity contribution in [1.82, 2.24) is 14.7 Å². The van der Waals surface area contributed by atoms with Crippen molar-refractivity contribution in [1.29, 1.82) is 0 Å². The molecule has 1 N–H and O–H groups in total. The molecule has 0 radical (unpaired) electrons. The number of carboxylic acid groups (broad SMARTS) is 1. The predicted octanol–water partition coefficient (Wildman–Crippen LogP) is 5.19. The normalized spacial score (nSPS) is 17.1. The van der Waals surface area contributed by atoms with Crippen LogP contribution in [0.15, 0.2) is 54.7 Å². The van der Waals surface area contributed by atoms with Gasteiger partial charge in [-0.1, -0.05) is 30.3 Å². The van der Waals surface area contributed by atoms with E-state index in [-0.39, 0.29) is 23.6 Å². The van der Waals surface area contributed by atoms with Crippen LogP contribution >= 0.6 is 0 Å². The zero-order valence-electron chi connectivity index (χ0n) is 21.3. The fourth-order valence-electron chi connectivity index (χ4n) is 4.97. The van der Waals surface area contributed by atoms with Gasteiger partial charge < -0.3 is 14.7 Å². The van der Waals surface area contributed by atoms with E-state index in [1.807, 2.05) is 37.8 Å². The van der Waals surface area contributed by atoms with E-state index in [9.17, 15) is 19.5 Å². The second kappa shape index (κ2) is 9.50. The number of aryl methyl sites for hydroxylation is 1. The van der Waals surface area contributed by atoms with Gasteiger partial charge in [0.1, 0.15) is 5.60 Å². The number of nitrogens with zero attached hydrogens (tertiary/aromatic N) is 3. The zero-order valence-corrected chi connectivity index (χ0v) is 21.3. The summed E-state index contributed by atoms with van der Waals surface area (Å²) in [6.45, 7) is 5.46. The Bertz CT molecular complexity index is 1350. The quantitative estimate of drug-likeness (QED) is 0.516. The summed E-state index contributed by atoms with van der Waals surface area (Å²) < 4.78 is 6.72. The molecule has 8 heteroatoms. The summed E-state index contributed by atoms with van der Waals surface area (Å²) in [6.07, 6.45) is 5.32. The number of benzene rings is 2. The highest BCUT2D eigenvalue weighted by molar-refractivity contribution is 5.98. The highest BCUT2D eigenvalue weighted by Gasteiger charge is 2.39. The molecule has 1 amide bonds. The maximum Gasteiger partial charge on any atom is 0.435 e. The molecule has 0 bridgehead atoms. The lowest BCUT2D eigenvalue weighted by molar-refractivity contribution is 0.0512. The highest BCUT2D eigenvalue weighted by atomic mass is 16.6. The average molecular weight is 502 g/mol. The Morgan fingerprint density at radius 3 is 2.35 bits per heavy atom. The molecule has 1 saturated carbocycles. The van der Waals surface area contributed by atoms with E-state index in [1.54, 1.807) is 42.6 Å². The number of aromatic carboxylic acids is 1. The SMILES string of the molecule is CC(C)(C)OC(=O)n1cc2c(n1)CCC(N(C(=O)c1ccc(-c3ccccc3C(=O)O)cc1)C1CC1)C2. The van der Waals surface area contributed by atoms with Gasteiger partial charge in [0.2, 0.25) is 0 Å². The third-order valence-corrected chi connectivity index (χ3v) is 6.80. The van der Waals surface area contributed by atoms with Crippen LogP contribution in [0.3, 0.4) is 0 Å². The summed E-state index contributed by atoms with van der Waals surface area (Å²) in [5.74, 6) is -1.00. The van der Waals surface area contributed by atoms with Crippen molar-refractivity contribution < 1.29 is 24.2 Å². The van der Waals surface area contributed by atoms with Crippen molar-refractivity contribution in [2.45, 2.75) is 70.6 Å². The third-order valence-electron chi connectivity index (χ3n) is 6.80. The second-order valence-corrected chi connectivity index (χ2v) is 10.8. The van der Waals surface area contributed by atoms with Gasteiger partial charge in [-0.05, 0) is 87.8 Å². The first-order chi connectivity index (χ1) is 17.6. The third kappa shape index (κ3) is 5.28. The number of amides is 1. The predicted molar refractivity (Wildman–Crippen MR) is 138 cm³/mol. The van der Waals surface area contributed by atoms with Gasteiger partial charge in [0, 0.05) is 23.8 Å². The molecule has 0 aliphatic heterocycles. The first-order valence-corrected chi connectivity index (χ1v) is 12.7. The van der Waals surface area contributed by atoms with Gasteiger partial charge in [0.25, 0.3) is 5.91 Å². The van der Waals surface area contributed by atoms with Gasteiger partial charge in [-0.15, -0.1) is 0 Å². The Labute approximate surface area is 215 Å². The van der Waals surface area contributed by atoms with Crippen LogP contribution in [0.2, 0.25) is 0 Å². The first kappa shape index (κ1) is 24.7. The van der Waals surface area contributed by atoms with Crippen LogP contribution in [0.5, 0.6) is 0 Å². The molecule has 2 aliphatic carbocycles. The second-order valence-electron chi connectivity index (χ2n) is 10.8. The van der Waals surface area contributed by atoms with Gasteiger partial charge >= 0.3 is 12.1 Å². The summed E-state index contributed by atoms with van der Waals surface area (Å²) >= 11 is 0. The van der Waals surface area contributed by atoms with Crippen molar-refractivity contribution in [2.75, 3.05) is 0 Å². The number of carbonyl (C=O) groups is 3. The Hall–Kier alpha value is -3.94. The molecular formula is C29H31N3O5. The van der Waals surface area contributed by atoms with Crippen LogP contribution in [-0.4, -0.2) is 55.4 Å². The zero-order chi connectivity index (χ0) is 26.3. The largest absolute Gasteiger partial charge is 0.478 e. The average Bonchev–Trinajstić information content (AvgIpc) is 3.59. The molecule has 2 aliphatic rings. The van der Waals surface area contributed by atoms with Crippen LogP contribution in [0.4, 0.5) is 4.79 Å². The molecule has 2 aromatic carbocycles. The molecule has 3 aromatic rings. The number of aromatic nitrogens is 2. The van der Waals surface area contributed by atoms with Crippen molar-refractivity contribution in [3.05, 3.63) is 77.1 Å². The maximum absolute atomic E-state index is 13.7. The van der Waals surface area contributed by atoms with Crippen molar-refractivity contribution in [3.63, 3.8) is 0 Å². The maximum atomic E-state index is 13.7. The molecule has 5 rings (SSSR count). The number of ether oxygens (including phenoxy) is 1. The monoisotopic (exact) mass is 501 g/mol. The van der Waals surface area contributed by atoms with E-state index in [2.05, 4.69) is 5.10 Å². The molecule has 37 heavy (non-hydrogen) atoms. The fourth-order valence-corrected chi connectivity index (χ4v) is 4.97. The number of fused-ring (bicyclic) bond motifs is 1. The van der Waals surface area contributed by atoms with Gasteiger partial charge in [-0.3, -0.25) is 4.79 Å². The number of carbonyl (C=O) groups excluding carboxylic acids is 2. The minimum atomic E-state index is -0.984. The first-order valence-electron chi connectivity index (χ1n) is 12.7. The summed E-state index contributed by atoms with van der Waals surface area (Å²) in [4.78, 5) is 39.8. The smallest absolute Gasteiger partial charge is 0.435 e. The van der Waals surface area contributed by atoms with E-state index in [4.69, 9.17) is 4.74 Å². The molecule has 1 atom stereocenters. The minimum Gasteiger partial charge on any atom is -0.478 e. The molecular weight excluding hydrogens is 470 g/mol. The Morgan fingerprint density at radius 1 is 1.00 bits per heavy atom. The molecule has 0 spiro atoms. The van der Waals surface area contributed by atoms with Crippen LogP contribution in [-0.2, 0) is 17.6 Å². The van der Waals surface area contributed by atoms with Gasteiger partial charge in [0.05, 0.1) is 11.3 Å². The van der Waals surface area contributed by atoms with E-state index in [0.717, 1.165) is 36.1 Å². The summed E-state index contributed by atoms with van der Waals surface area (Å²) in [5, 5.41) is 14.0. The van der Waals surface area contributed by atoms with Crippen LogP contribution in [0.25, 0.3) is 11.1 Å². The van der Waals surface area contributed by atoms with Gasteiger partial charge in [0.15, 0.2) is 0 Å². The molecule has 1 unspecified atom stereocenters. The summed E-state index contributed by atoms with van der Waals surface area (Å²) in [6, 6.07) is 14.3. The standard InChI is InChI=1S/C29H31N3O5/c1-29(2,3)37-28(36)31-17-20-16-22(14-15-25(20)30-31)32(21-12-13-21)26(33)19-10-8-18(9-11-19)23-6-4-5-7-24(23)27(34)35/h4-11,17,21-22H,12-16H2,1-3H3,(H,34,35). The number of hydrogen-bond acceptors (Lipinski definition) is 5. The lowest BCUT2D eigenvalue weighted by Crippen LogP contribution is -2.44. The molecule has 1 aromatic heterocycles. The molecule has 1 heterocycles. The van der Waals surface area contributed by atoms with E-state index in [1.165, 1.54) is 4.68 Å². The number of rotatable bonds is 5. The van der Waals surface area contributed by atoms with Crippen molar-refractivity contribution >= 4 is 18.0 Å². The fraction of sp³-hybridized carbons (Fsp3) is 0.379. The van der Waals surface area contributed by atoms with Crippen LogP contribution < -0.4 is 0 Å². The lowest BCUT2D eigenvalue weighted by Gasteiger charge is -2.34. The Morgan fingerprint density at radius 2 is 1.70 bits per heavy atom. The van der Waals surface area contributed by atoms with Crippen LogP contribution in [0, 0.1) is 0 Å². The van der Waals surface area contributed by atoms with E-state index in [0.29, 0.717) is 24.0 Å². The Kier molecular flexibility index (Phi) is 6.35. The van der Waals surface area contributed by atoms with Crippen molar-refractivity contribution in [2.24, 2.45) is 0 Å². The van der Waals surface area contributed by atoms with Gasteiger partial charge in [-0.2, -0.15) is 9.78 Å². The van der Waals surface area contributed by atoms with E-state index < -0.39 is 17.7 Å². The lowest BCUT2D eigenvalue weighted by atomic mass is 9.91. The Balaban J connectivity index is 1.34. The topological polar surface area (TPSA) is 102 Å². The molecule has 192 valence electrons. The van der Waals surface area contributed by atoms with E-state index >= 15 is 0 Å². The van der Waals surface area contributed by atoms with Crippen LogP contribution in [0.1, 0.15) is 72.0 Å². The number of hydrogen-bond donors (Lipinski definition) is 1. The minimum absolute atomic E-state index is 0.0199. The van der Waals surface area contributed by atoms with Gasteiger partial charge in [-0.25, -0.2) is 9.59 Å². The summed E-state index contributed by atoms with van der Waals surface area (Å²) in [7, 11) is 0. The van der Waals surface area contributed by atoms with Crippen molar-refractivity contribution in [3.8, 4) is 11.1 Å². The summed E-state index contributed by atoms with van der Waals surface area (Å²) in [5.41, 5.74) is 3.43.